The van der Waals surface area contributed by atoms with Crippen LogP contribution in [0.3, 0.4) is 0 Å². The molecule has 4 rings (SSSR count). The van der Waals surface area contributed by atoms with Crippen molar-refractivity contribution in [2.24, 2.45) is 0 Å². The molecule has 2 aliphatic heterocycles. The molecule has 6 heteroatoms. The van der Waals surface area contributed by atoms with E-state index >= 15 is 0 Å². The van der Waals surface area contributed by atoms with Crippen LogP contribution >= 0.6 is 0 Å². The van der Waals surface area contributed by atoms with Crippen molar-refractivity contribution in [3.05, 3.63) is 71.8 Å². The average molecular weight is 421 g/mol. The van der Waals surface area contributed by atoms with E-state index in [1.165, 1.54) is 0 Å². The summed E-state index contributed by atoms with van der Waals surface area (Å²) in [5.74, 6) is 0.161. The van der Waals surface area contributed by atoms with Gasteiger partial charge in [-0.2, -0.15) is 0 Å². The standard InChI is InChI=1S/C25H32N4O2/c1-25(2)19-28(24(31)26-16-21-11-7-4-8-12-21)18-22-17-27(13-14-29(22)25)23(30)15-20-9-5-3-6-10-20/h3-12,22H,13-19H2,1-2H3,(H,26,31)/t22-/m0/s1. The maximum absolute atomic E-state index is 12.9. The Bertz CT molecular complexity index is 900. The van der Waals surface area contributed by atoms with Crippen molar-refractivity contribution >= 4 is 11.9 Å². The molecule has 2 aliphatic rings. The Morgan fingerprint density at radius 1 is 0.903 bits per heavy atom. The number of nitrogens with zero attached hydrogens (tertiary/aromatic N) is 3. The van der Waals surface area contributed by atoms with Gasteiger partial charge in [-0.15, -0.1) is 0 Å². The number of amides is 3. The lowest BCUT2D eigenvalue weighted by Gasteiger charge is -2.55. The van der Waals surface area contributed by atoms with Gasteiger partial charge in [-0.25, -0.2) is 4.79 Å². The van der Waals surface area contributed by atoms with Crippen LogP contribution < -0.4 is 5.32 Å². The van der Waals surface area contributed by atoms with E-state index in [1.807, 2.05) is 70.5 Å². The summed E-state index contributed by atoms with van der Waals surface area (Å²) in [6.45, 7) is 8.48. The van der Waals surface area contributed by atoms with E-state index in [9.17, 15) is 9.59 Å². The molecule has 2 fully saturated rings. The largest absolute Gasteiger partial charge is 0.339 e. The van der Waals surface area contributed by atoms with E-state index in [2.05, 4.69) is 24.1 Å². The van der Waals surface area contributed by atoms with Gasteiger partial charge in [0.1, 0.15) is 0 Å². The summed E-state index contributed by atoms with van der Waals surface area (Å²) in [7, 11) is 0. The monoisotopic (exact) mass is 420 g/mol. The van der Waals surface area contributed by atoms with E-state index in [-0.39, 0.29) is 23.5 Å². The van der Waals surface area contributed by atoms with E-state index in [4.69, 9.17) is 0 Å². The smallest absolute Gasteiger partial charge is 0.317 e. The second-order valence-electron chi connectivity index (χ2n) is 9.19. The SMILES string of the molecule is CC1(C)CN(C(=O)NCc2ccccc2)C[C@@H]2CN(C(=O)Cc3ccccc3)CCN21. The van der Waals surface area contributed by atoms with E-state index < -0.39 is 0 Å². The van der Waals surface area contributed by atoms with Gasteiger partial charge in [-0.1, -0.05) is 60.7 Å². The zero-order valence-corrected chi connectivity index (χ0v) is 18.5. The first-order chi connectivity index (χ1) is 14.9. The van der Waals surface area contributed by atoms with E-state index in [0.29, 0.717) is 32.6 Å². The number of hydrogen-bond acceptors (Lipinski definition) is 3. The van der Waals surface area contributed by atoms with Gasteiger partial charge in [0.2, 0.25) is 5.91 Å². The quantitative estimate of drug-likeness (QED) is 0.828. The molecule has 3 amide bonds. The Hall–Kier alpha value is -2.86. The summed E-state index contributed by atoms with van der Waals surface area (Å²) < 4.78 is 0. The zero-order valence-electron chi connectivity index (χ0n) is 18.5. The van der Waals surface area contributed by atoms with E-state index in [1.54, 1.807) is 0 Å². The third-order valence-electron chi connectivity index (χ3n) is 6.39. The highest BCUT2D eigenvalue weighted by atomic mass is 16.2. The Morgan fingerprint density at radius 2 is 1.52 bits per heavy atom. The van der Waals surface area contributed by atoms with Crippen molar-refractivity contribution in [1.82, 2.24) is 20.0 Å². The molecule has 1 atom stereocenters. The maximum Gasteiger partial charge on any atom is 0.317 e. The van der Waals surface area contributed by atoms with Crippen molar-refractivity contribution in [2.45, 2.75) is 38.4 Å². The van der Waals surface area contributed by atoms with Gasteiger partial charge in [0.25, 0.3) is 0 Å². The fourth-order valence-electron chi connectivity index (χ4n) is 4.83. The Morgan fingerprint density at radius 3 is 2.19 bits per heavy atom. The predicted molar refractivity (Wildman–Crippen MR) is 122 cm³/mol. The molecule has 0 bridgehead atoms. The van der Waals surface area contributed by atoms with Crippen LogP contribution in [0.4, 0.5) is 4.79 Å². The Balaban J connectivity index is 1.38. The molecule has 0 spiro atoms. The number of carbonyl (C=O) groups excluding carboxylic acids is 2. The highest BCUT2D eigenvalue weighted by molar-refractivity contribution is 5.79. The second-order valence-corrected chi connectivity index (χ2v) is 9.19. The van der Waals surface area contributed by atoms with Gasteiger partial charge < -0.3 is 15.1 Å². The van der Waals surface area contributed by atoms with Gasteiger partial charge in [0.15, 0.2) is 0 Å². The van der Waals surface area contributed by atoms with Gasteiger partial charge in [0.05, 0.1) is 6.42 Å². The van der Waals surface area contributed by atoms with Gasteiger partial charge in [0, 0.05) is 50.8 Å². The number of benzene rings is 2. The van der Waals surface area contributed by atoms with Crippen molar-refractivity contribution < 1.29 is 9.59 Å². The number of urea groups is 1. The number of piperazine rings is 2. The van der Waals surface area contributed by atoms with Gasteiger partial charge >= 0.3 is 6.03 Å². The molecule has 0 radical (unpaired) electrons. The lowest BCUT2D eigenvalue weighted by molar-refractivity contribution is -0.137. The van der Waals surface area contributed by atoms with Gasteiger partial charge in [-0.05, 0) is 25.0 Å². The minimum atomic E-state index is -0.123. The maximum atomic E-state index is 12.9. The minimum absolute atomic E-state index is 0.0377. The summed E-state index contributed by atoms with van der Waals surface area (Å²) >= 11 is 0. The second kappa shape index (κ2) is 9.10. The molecule has 2 aromatic carbocycles. The molecule has 0 aliphatic carbocycles. The lowest BCUT2D eigenvalue weighted by Crippen LogP contribution is -2.71. The normalized spacial score (nSPS) is 20.8. The molecule has 2 aromatic rings. The highest BCUT2D eigenvalue weighted by Gasteiger charge is 2.44. The molecule has 164 valence electrons. The first kappa shape index (κ1) is 21.4. The predicted octanol–water partition coefficient (Wildman–Crippen LogP) is 2.75. The molecular formula is C25H32N4O2. The summed E-state index contributed by atoms with van der Waals surface area (Å²) in [4.78, 5) is 32.2. The zero-order chi connectivity index (χ0) is 21.8. The first-order valence-corrected chi connectivity index (χ1v) is 11.1. The number of fused-ring (bicyclic) bond motifs is 1. The summed E-state index contributed by atoms with van der Waals surface area (Å²) in [6.07, 6.45) is 0.429. The third-order valence-corrected chi connectivity index (χ3v) is 6.39. The summed E-state index contributed by atoms with van der Waals surface area (Å²) in [5.41, 5.74) is 2.01. The average Bonchev–Trinajstić information content (AvgIpc) is 2.78. The number of nitrogens with one attached hydrogen (secondary N) is 1. The molecule has 6 nitrogen and oxygen atoms in total. The van der Waals surface area contributed by atoms with Crippen LogP contribution in [0.15, 0.2) is 60.7 Å². The van der Waals surface area contributed by atoms with Crippen LogP contribution in [0.1, 0.15) is 25.0 Å². The highest BCUT2D eigenvalue weighted by Crippen LogP contribution is 2.28. The van der Waals surface area contributed by atoms with Crippen LogP contribution in [-0.2, 0) is 17.8 Å². The molecule has 31 heavy (non-hydrogen) atoms. The van der Waals surface area contributed by atoms with Crippen LogP contribution in [0.5, 0.6) is 0 Å². The first-order valence-electron chi connectivity index (χ1n) is 11.1. The summed E-state index contributed by atoms with van der Waals surface area (Å²) in [6, 6.07) is 20.0. The number of hydrogen-bond donors (Lipinski definition) is 1. The molecule has 0 unspecified atom stereocenters. The lowest BCUT2D eigenvalue weighted by atomic mass is 9.92. The number of rotatable bonds is 4. The van der Waals surface area contributed by atoms with Crippen molar-refractivity contribution in [3.8, 4) is 0 Å². The van der Waals surface area contributed by atoms with Crippen molar-refractivity contribution in [2.75, 3.05) is 32.7 Å². The minimum Gasteiger partial charge on any atom is -0.339 e. The molecule has 0 saturated carbocycles. The molecule has 0 aromatic heterocycles. The Kier molecular flexibility index (Phi) is 6.28. The van der Waals surface area contributed by atoms with Crippen molar-refractivity contribution in [3.63, 3.8) is 0 Å². The topological polar surface area (TPSA) is 55.9 Å². The van der Waals surface area contributed by atoms with E-state index in [0.717, 1.165) is 24.2 Å². The number of carbonyl (C=O) groups is 2. The fraction of sp³-hybridized carbons (Fsp3) is 0.440. The van der Waals surface area contributed by atoms with Crippen LogP contribution in [0.25, 0.3) is 0 Å². The molecule has 1 N–H and O–H groups in total. The van der Waals surface area contributed by atoms with Gasteiger partial charge in [-0.3, -0.25) is 9.69 Å². The fourth-order valence-corrected chi connectivity index (χ4v) is 4.83. The molecule has 2 heterocycles. The van der Waals surface area contributed by atoms with Crippen LogP contribution in [0.2, 0.25) is 0 Å². The summed E-state index contributed by atoms with van der Waals surface area (Å²) in [5, 5.41) is 3.06. The molecule has 2 saturated heterocycles. The Labute approximate surface area is 184 Å². The van der Waals surface area contributed by atoms with Crippen molar-refractivity contribution in [1.29, 1.82) is 0 Å². The molecular weight excluding hydrogens is 388 g/mol. The van der Waals surface area contributed by atoms with Crippen LogP contribution in [-0.4, -0.2) is 70.9 Å². The van der Waals surface area contributed by atoms with Crippen LogP contribution in [0, 0.1) is 0 Å². The third kappa shape index (κ3) is 5.07.